The maximum absolute atomic E-state index is 13.7. The van der Waals surface area contributed by atoms with Gasteiger partial charge in [-0.1, -0.05) is 30.3 Å². The molecule has 0 aliphatic heterocycles. The molecule has 0 aliphatic rings. The summed E-state index contributed by atoms with van der Waals surface area (Å²) in [5.74, 6) is 0.769. The minimum absolute atomic E-state index is 0.308. The Hall–Kier alpha value is -2.33. The predicted octanol–water partition coefficient (Wildman–Crippen LogP) is 5.41. The monoisotopic (exact) mass is 413 g/mol. The van der Waals surface area contributed by atoms with Crippen molar-refractivity contribution in [2.75, 3.05) is 20.3 Å². The quantitative estimate of drug-likeness (QED) is 0.440. The molecular formula is C23H28NO4P. The van der Waals surface area contributed by atoms with Crippen LogP contribution in [0.5, 0.6) is 5.75 Å². The summed E-state index contributed by atoms with van der Waals surface area (Å²) in [6.45, 7) is 6.94. The first kappa shape index (κ1) is 21.4. The molecule has 0 radical (unpaired) electrons. The molecule has 0 aliphatic carbocycles. The van der Waals surface area contributed by atoms with E-state index in [1.165, 1.54) is 0 Å². The zero-order chi connectivity index (χ0) is 20.9. The number of nitrogens with zero attached hydrogens (tertiary/aromatic N) is 1. The average molecular weight is 413 g/mol. The van der Waals surface area contributed by atoms with E-state index in [0.717, 1.165) is 28.3 Å². The fourth-order valence-corrected chi connectivity index (χ4v) is 5.29. The Bertz CT molecular complexity index is 970. The molecule has 1 heterocycles. The van der Waals surface area contributed by atoms with Gasteiger partial charge in [0.1, 0.15) is 5.75 Å². The number of methoxy groups -OCH3 is 1. The molecule has 0 N–H and O–H groups in total. The van der Waals surface area contributed by atoms with Crippen molar-refractivity contribution in [2.45, 2.75) is 27.3 Å². The molecule has 5 nitrogen and oxygen atoms in total. The summed E-state index contributed by atoms with van der Waals surface area (Å²) in [4.78, 5) is 0. The summed E-state index contributed by atoms with van der Waals surface area (Å²) in [6, 6.07) is 19.9. The minimum atomic E-state index is -3.46. The Morgan fingerprint density at radius 3 is 2.10 bits per heavy atom. The molecule has 0 spiro atoms. The molecule has 6 heteroatoms. The van der Waals surface area contributed by atoms with Crippen LogP contribution in [-0.4, -0.2) is 24.9 Å². The molecule has 3 aromatic rings. The molecule has 1 aromatic heterocycles. The van der Waals surface area contributed by atoms with E-state index in [2.05, 4.69) is 16.7 Å². The second kappa shape index (κ2) is 9.45. The first-order chi connectivity index (χ1) is 14.0. The summed E-state index contributed by atoms with van der Waals surface area (Å²) in [7, 11) is -1.82. The van der Waals surface area contributed by atoms with Crippen molar-refractivity contribution >= 4 is 12.9 Å². The molecule has 0 unspecified atom stereocenters. The van der Waals surface area contributed by atoms with Gasteiger partial charge in [0.15, 0.2) is 0 Å². The highest BCUT2D eigenvalue weighted by Crippen LogP contribution is 2.50. The molecule has 0 amide bonds. The lowest BCUT2D eigenvalue weighted by Crippen LogP contribution is -2.14. The molecule has 0 fully saturated rings. The molecular weight excluding hydrogens is 385 g/mol. The smallest absolute Gasteiger partial charge is 0.363 e. The topological polar surface area (TPSA) is 49.7 Å². The Morgan fingerprint density at radius 2 is 1.55 bits per heavy atom. The number of rotatable bonds is 9. The van der Waals surface area contributed by atoms with Crippen LogP contribution in [0.3, 0.4) is 0 Å². The summed E-state index contributed by atoms with van der Waals surface area (Å²) >= 11 is 0. The lowest BCUT2D eigenvalue weighted by atomic mass is 10.1. The number of hydrogen-bond donors (Lipinski definition) is 0. The van der Waals surface area contributed by atoms with Gasteiger partial charge >= 0.3 is 7.60 Å². The van der Waals surface area contributed by atoms with Crippen LogP contribution in [0.2, 0.25) is 0 Å². The number of benzene rings is 2. The van der Waals surface area contributed by atoms with Crippen LogP contribution in [0.25, 0.3) is 11.3 Å². The molecule has 0 saturated carbocycles. The van der Waals surface area contributed by atoms with E-state index in [-0.39, 0.29) is 0 Å². The van der Waals surface area contributed by atoms with Crippen LogP contribution in [-0.2, 0) is 20.2 Å². The van der Waals surface area contributed by atoms with Gasteiger partial charge in [-0.05, 0) is 62.2 Å². The Morgan fingerprint density at radius 1 is 0.931 bits per heavy atom. The summed E-state index contributed by atoms with van der Waals surface area (Å²) in [5, 5.41) is 0.597. The van der Waals surface area contributed by atoms with Crippen LogP contribution in [0.15, 0.2) is 60.7 Å². The number of aromatic nitrogens is 1. The highest BCUT2D eigenvalue weighted by atomic mass is 31.2. The maximum Gasteiger partial charge on any atom is 0.363 e. The summed E-state index contributed by atoms with van der Waals surface area (Å²) in [5.41, 5.74) is 3.94. The second-order valence-corrected chi connectivity index (χ2v) is 8.65. The van der Waals surface area contributed by atoms with Crippen molar-refractivity contribution in [3.8, 4) is 17.0 Å². The Labute approximate surface area is 172 Å². The SMILES string of the molecule is CCOP(=O)(OCC)c1cc(C)n(Cc2ccccc2)c1-c1ccc(OC)cc1. The fourth-order valence-electron chi connectivity index (χ4n) is 3.41. The molecule has 2 aromatic carbocycles. The number of hydrogen-bond acceptors (Lipinski definition) is 4. The van der Waals surface area contributed by atoms with Crippen molar-refractivity contribution in [3.05, 3.63) is 71.9 Å². The van der Waals surface area contributed by atoms with E-state index in [1.54, 1.807) is 7.11 Å². The van der Waals surface area contributed by atoms with Gasteiger partial charge in [-0.25, -0.2) is 0 Å². The molecule has 154 valence electrons. The summed E-state index contributed by atoms with van der Waals surface area (Å²) < 4.78 is 32.5. The highest BCUT2D eigenvalue weighted by Gasteiger charge is 2.33. The van der Waals surface area contributed by atoms with E-state index < -0.39 is 7.60 Å². The minimum Gasteiger partial charge on any atom is -0.497 e. The largest absolute Gasteiger partial charge is 0.497 e. The van der Waals surface area contributed by atoms with Gasteiger partial charge in [-0.15, -0.1) is 0 Å². The average Bonchev–Trinajstić information content (AvgIpc) is 3.06. The zero-order valence-corrected chi connectivity index (χ0v) is 18.3. The number of aryl methyl sites for hydroxylation is 1. The van der Waals surface area contributed by atoms with E-state index in [9.17, 15) is 4.57 Å². The maximum atomic E-state index is 13.7. The molecule has 29 heavy (non-hydrogen) atoms. The predicted molar refractivity (Wildman–Crippen MR) is 117 cm³/mol. The van der Waals surface area contributed by atoms with Crippen LogP contribution in [0.4, 0.5) is 0 Å². The lowest BCUT2D eigenvalue weighted by molar-refractivity contribution is 0.230. The third-order valence-corrected chi connectivity index (χ3v) is 6.85. The molecule has 0 bridgehead atoms. The van der Waals surface area contributed by atoms with Crippen molar-refractivity contribution < 1.29 is 18.3 Å². The van der Waals surface area contributed by atoms with Crippen LogP contribution in [0.1, 0.15) is 25.1 Å². The Kier molecular flexibility index (Phi) is 6.96. The van der Waals surface area contributed by atoms with Gasteiger partial charge in [-0.2, -0.15) is 0 Å². The zero-order valence-electron chi connectivity index (χ0n) is 17.4. The van der Waals surface area contributed by atoms with Crippen LogP contribution >= 0.6 is 7.60 Å². The third kappa shape index (κ3) is 4.64. The second-order valence-electron chi connectivity index (χ2n) is 6.65. The van der Waals surface area contributed by atoms with E-state index >= 15 is 0 Å². The van der Waals surface area contributed by atoms with Crippen LogP contribution in [0, 0.1) is 6.92 Å². The van der Waals surface area contributed by atoms with Crippen molar-refractivity contribution in [3.63, 3.8) is 0 Å². The van der Waals surface area contributed by atoms with Gasteiger partial charge in [0.05, 0.1) is 31.3 Å². The van der Waals surface area contributed by atoms with Crippen molar-refractivity contribution in [2.24, 2.45) is 0 Å². The van der Waals surface area contributed by atoms with Gasteiger partial charge in [0, 0.05) is 12.2 Å². The highest BCUT2D eigenvalue weighted by molar-refractivity contribution is 7.62. The van der Waals surface area contributed by atoms with Crippen molar-refractivity contribution in [1.29, 1.82) is 0 Å². The van der Waals surface area contributed by atoms with E-state index in [4.69, 9.17) is 13.8 Å². The van der Waals surface area contributed by atoms with E-state index in [1.807, 2.05) is 69.3 Å². The van der Waals surface area contributed by atoms with Gasteiger partial charge in [0.2, 0.25) is 0 Å². The Balaban J connectivity index is 2.20. The van der Waals surface area contributed by atoms with Gasteiger partial charge in [-0.3, -0.25) is 4.57 Å². The van der Waals surface area contributed by atoms with Crippen molar-refractivity contribution in [1.82, 2.24) is 4.57 Å². The van der Waals surface area contributed by atoms with E-state index in [0.29, 0.717) is 25.1 Å². The molecule has 0 saturated heterocycles. The van der Waals surface area contributed by atoms with Gasteiger partial charge < -0.3 is 18.4 Å². The standard InChI is InChI=1S/C23H28NO4P/c1-5-27-29(25,28-6-2)22-16-18(3)24(17-19-10-8-7-9-11-19)23(22)20-12-14-21(26-4)15-13-20/h7-16H,5-6,17H2,1-4H3. The normalized spacial score (nSPS) is 11.6. The van der Waals surface area contributed by atoms with Gasteiger partial charge in [0.25, 0.3) is 0 Å². The number of ether oxygens (including phenoxy) is 1. The first-order valence-electron chi connectivity index (χ1n) is 9.80. The first-order valence-corrected chi connectivity index (χ1v) is 11.3. The lowest BCUT2D eigenvalue weighted by Gasteiger charge is -2.19. The third-order valence-electron chi connectivity index (χ3n) is 4.72. The summed E-state index contributed by atoms with van der Waals surface area (Å²) in [6.07, 6.45) is 0. The molecule has 3 rings (SSSR count). The van der Waals surface area contributed by atoms with Crippen LogP contribution < -0.4 is 10.0 Å². The molecule has 0 atom stereocenters. The fraction of sp³-hybridized carbons (Fsp3) is 0.304.